The molecule has 4 amide bonds. The van der Waals surface area contributed by atoms with E-state index in [1.54, 1.807) is 13.8 Å². The van der Waals surface area contributed by atoms with Crippen LogP contribution in [-0.4, -0.2) is 111 Å². The van der Waals surface area contributed by atoms with E-state index in [2.05, 4.69) is 10.6 Å². The number of hydrogen-bond donors (Lipinski definition) is 6. The van der Waals surface area contributed by atoms with E-state index < -0.39 is 78.9 Å². The number of carboxylic acids is 1. The molecule has 13 nitrogen and oxygen atoms in total. The molecule has 2 saturated heterocycles. The average molecular weight is 486 g/mol. The minimum absolute atomic E-state index is 0.225. The number of rotatable bonds is 10. The quantitative estimate of drug-likeness (QED) is 0.186. The van der Waals surface area contributed by atoms with Crippen molar-refractivity contribution in [1.29, 1.82) is 0 Å². The van der Waals surface area contributed by atoms with Crippen LogP contribution in [-0.2, 0) is 24.0 Å². The summed E-state index contributed by atoms with van der Waals surface area (Å²) in [5.74, 6) is -4.08. The molecule has 0 saturated carbocycles. The maximum Gasteiger partial charge on any atom is 0.326 e. The van der Waals surface area contributed by atoms with Gasteiger partial charge in [-0.25, -0.2) is 4.79 Å². The molecule has 2 fully saturated rings. The summed E-state index contributed by atoms with van der Waals surface area (Å²) in [5, 5.41) is 33.1. The van der Waals surface area contributed by atoms with Gasteiger partial charge in [-0.3, -0.25) is 19.2 Å². The van der Waals surface area contributed by atoms with Crippen LogP contribution in [0.2, 0.25) is 0 Å². The third-order valence-corrected chi connectivity index (χ3v) is 6.22. The summed E-state index contributed by atoms with van der Waals surface area (Å²) in [5.41, 5.74) is 5.48. The molecule has 2 heterocycles. The largest absolute Gasteiger partial charge is 0.480 e. The molecule has 192 valence electrons. The number of aliphatic hydroxyl groups excluding tert-OH is 2. The molecule has 2 rings (SSSR count). The minimum Gasteiger partial charge on any atom is -0.480 e. The number of carbonyl (C=O) groups excluding carboxylic acids is 4. The highest BCUT2D eigenvalue weighted by molar-refractivity contribution is 5.96. The van der Waals surface area contributed by atoms with Gasteiger partial charge < -0.3 is 41.5 Å². The van der Waals surface area contributed by atoms with E-state index in [0.717, 1.165) is 0 Å². The molecule has 13 heteroatoms. The Labute approximate surface area is 197 Å². The summed E-state index contributed by atoms with van der Waals surface area (Å²) in [6.07, 6.45) is 1.77. The number of carboxylic acid groups (broad SMARTS) is 1. The van der Waals surface area contributed by atoms with Crippen molar-refractivity contribution in [3.05, 3.63) is 0 Å². The van der Waals surface area contributed by atoms with Crippen LogP contribution in [0.4, 0.5) is 0 Å². The molecule has 0 aromatic carbocycles. The number of nitrogens with zero attached hydrogens (tertiary/aromatic N) is 2. The zero-order chi connectivity index (χ0) is 25.6. The van der Waals surface area contributed by atoms with Gasteiger partial charge in [0, 0.05) is 13.1 Å². The first kappa shape index (κ1) is 27.5. The summed E-state index contributed by atoms with van der Waals surface area (Å²) < 4.78 is 0. The fraction of sp³-hybridized carbons (Fsp3) is 0.762. The second-order valence-electron chi connectivity index (χ2n) is 8.98. The van der Waals surface area contributed by atoms with Crippen LogP contribution in [0.5, 0.6) is 0 Å². The summed E-state index contributed by atoms with van der Waals surface area (Å²) in [6, 6.07) is -5.47. The van der Waals surface area contributed by atoms with Gasteiger partial charge in [0.25, 0.3) is 0 Å². The fourth-order valence-corrected chi connectivity index (χ4v) is 4.29. The molecule has 2 aliphatic rings. The number of amides is 4. The number of carbonyl (C=O) groups is 5. The second-order valence-corrected chi connectivity index (χ2v) is 8.98. The van der Waals surface area contributed by atoms with Crippen LogP contribution < -0.4 is 16.4 Å². The molecule has 0 bridgehead atoms. The third-order valence-electron chi connectivity index (χ3n) is 6.22. The van der Waals surface area contributed by atoms with Gasteiger partial charge in [-0.1, -0.05) is 13.8 Å². The molecular formula is C21H35N5O8. The highest BCUT2D eigenvalue weighted by Crippen LogP contribution is 2.25. The first-order chi connectivity index (χ1) is 16.0. The summed E-state index contributed by atoms with van der Waals surface area (Å²) in [4.78, 5) is 65.1. The van der Waals surface area contributed by atoms with E-state index in [4.69, 9.17) is 10.8 Å². The Hall–Kier alpha value is -2.77. The van der Waals surface area contributed by atoms with Gasteiger partial charge in [0.15, 0.2) is 0 Å². The molecule has 7 N–H and O–H groups in total. The Morgan fingerprint density at radius 3 is 2.03 bits per heavy atom. The number of aliphatic hydroxyl groups is 2. The number of likely N-dealkylation sites (tertiary alicyclic amines) is 2. The van der Waals surface area contributed by atoms with Gasteiger partial charge in [-0.15, -0.1) is 0 Å². The summed E-state index contributed by atoms with van der Waals surface area (Å²) in [7, 11) is 0. The van der Waals surface area contributed by atoms with Gasteiger partial charge in [0.05, 0.1) is 13.2 Å². The van der Waals surface area contributed by atoms with Crippen molar-refractivity contribution >= 4 is 29.6 Å². The maximum absolute atomic E-state index is 13.2. The fourth-order valence-electron chi connectivity index (χ4n) is 4.29. The van der Waals surface area contributed by atoms with E-state index in [9.17, 15) is 34.2 Å². The smallest absolute Gasteiger partial charge is 0.326 e. The highest BCUT2D eigenvalue weighted by atomic mass is 16.4. The Morgan fingerprint density at radius 2 is 1.50 bits per heavy atom. The van der Waals surface area contributed by atoms with Crippen molar-refractivity contribution in [2.75, 3.05) is 26.3 Å². The highest BCUT2D eigenvalue weighted by Gasteiger charge is 2.43. The van der Waals surface area contributed by atoms with Crippen LogP contribution in [0.3, 0.4) is 0 Å². The Balaban J connectivity index is 2.10. The standard InChI is InChI=1S/C21H35N5O8/c1-11(2)16(24-17(29)12(22)9-27)18(30)23-13(10-28)19(31)25-7-3-5-14(25)20(32)26-8-4-6-15(26)21(33)34/h11-16,27-28H,3-10,22H2,1-2H3,(H,23,30)(H,24,29)(H,33,34)/t12-,13-,14-,15-,16-/m0/s1. The van der Waals surface area contributed by atoms with Crippen molar-refractivity contribution in [2.45, 2.75) is 69.7 Å². The van der Waals surface area contributed by atoms with Gasteiger partial charge in [-0.2, -0.15) is 0 Å². The number of hydrogen-bond acceptors (Lipinski definition) is 8. The van der Waals surface area contributed by atoms with E-state index in [0.29, 0.717) is 32.2 Å². The van der Waals surface area contributed by atoms with Gasteiger partial charge in [0.1, 0.15) is 30.2 Å². The summed E-state index contributed by atoms with van der Waals surface area (Å²) in [6.45, 7) is 2.49. The molecule has 0 aliphatic carbocycles. The second kappa shape index (κ2) is 12.1. The predicted octanol–water partition coefficient (Wildman–Crippen LogP) is -3.01. The number of nitrogens with two attached hydrogens (primary N) is 1. The lowest BCUT2D eigenvalue weighted by molar-refractivity contribution is -0.152. The monoisotopic (exact) mass is 485 g/mol. The Bertz CT molecular complexity index is 791. The van der Waals surface area contributed by atoms with E-state index in [-0.39, 0.29) is 6.54 Å². The normalized spacial score (nSPS) is 22.9. The zero-order valence-corrected chi connectivity index (χ0v) is 19.5. The van der Waals surface area contributed by atoms with Crippen LogP contribution in [0, 0.1) is 5.92 Å². The lowest BCUT2D eigenvalue weighted by Crippen LogP contribution is -2.60. The molecule has 0 radical (unpaired) electrons. The minimum atomic E-state index is -1.36. The number of nitrogens with one attached hydrogen (secondary N) is 2. The average Bonchev–Trinajstić information content (AvgIpc) is 3.49. The van der Waals surface area contributed by atoms with Crippen molar-refractivity contribution < 1.29 is 39.3 Å². The first-order valence-corrected chi connectivity index (χ1v) is 11.4. The maximum atomic E-state index is 13.2. The lowest BCUT2D eigenvalue weighted by Gasteiger charge is -2.32. The molecule has 34 heavy (non-hydrogen) atoms. The topological polar surface area (TPSA) is 203 Å². The molecule has 2 aliphatic heterocycles. The molecule has 0 aromatic heterocycles. The molecular weight excluding hydrogens is 450 g/mol. The Kier molecular flexibility index (Phi) is 9.77. The van der Waals surface area contributed by atoms with Crippen LogP contribution in [0.15, 0.2) is 0 Å². The van der Waals surface area contributed by atoms with Crippen molar-refractivity contribution in [1.82, 2.24) is 20.4 Å². The zero-order valence-electron chi connectivity index (χ0n) is 19.5. The predicted molar refractivity (Wildman–Crippen MR) is 118 cm³/mol. The summed E-state index contributed by atoms with van der Waals surface area (Å²) >= 11 is 0. The van der Waals surface area contributed by atoms with Crippen molar-refractivity contribution in [3.63, 3.8) is 0 Å². The van der Waals surface area contributed by atoms with E-state index in [1.807, 2.05) is 0 Å². The van der Waals surface area contributed by atoms with Gasteiger partial charge in [0.2, 0.25) is 23.6 Å². The van der Waals surface area contributed by atoms with Gasteiger partial charge >= 0.3 is 5.97 Å². The third kappa shape index (κ3) is 6.21. The first-order valence-electron chi connectivity index (χ1n) is 11.4. The van der Waals surface area contributed by atoms with E-state index in [1.165, 1.54) is 9.80 Å². The molecule has 0 unspecified atom stereocenters. The molecule has 0 aromatic rings. The molecule has 0 spiro atoms. The van der Waals surface area contributed by atoms with Crippen LogP contribution in [0.1, 0.15) is 39.5 Å². The van der Waals surface area contributed by atoms with Crippen LogP contribution in [0.25, 0.3) is 0 Å². The van der Waals surface area contributed by atoms with Crippen molar-refractivity contribution in [2.24, 2.45) is 11.7 Å². The van der Waals surface area contributed by atoms with Crippen LogP contribution >= 0.6 is 0 Å². The SMILES string of the molecule is CC(C)[C@H](NC(=O)[C@@H](N)CO)C(=O)N[C@@H](CO)C(=O)N1CCC[C@H]1C(=O)N1CCC[C@H]1C(=O)O. The molecule has 5 atom stereocenters. The van der Waals surface area contributed by atoms with Gasteiger partial charge in [-0.05, 0) is 31.6 Å². The number of aliphatic carboxylic acids is 1. The van der Waals surface area contributed by atoms with E-state index >= 15 is 0 Å². The lowest BCUT2D eigenvalue weighted by atomic mass is 10.0. The Morgan fingerprint density at radius 1 is 0.912 bits per heavy atom. The van der Waals surface area contributed by atoms with Crippen molar-refractivity contribution in [3.8, 4) is 0 Å².